The van der Waals surface area contributed by atoms with Gasteiger partial charge in [0.1, 0.15) is 15.8 Å². The second-order valence-corrected chi connectivity index (χ2v) is 10.7. The quantitative estimate of drug-likeness (QED) is 0.238. The average Bonchev–Trinajstić information content (AvgIpc) is 2.93. The second kappa shape index (κ2) is 15.3. The number of pyridine rings is 1. The van der Waals surface area contributed by atoms with Crippen molar-refractivity contribution in [2.24, 2.45) is 0 Å². The minimum Gasteiger partial charge on any atom is -0.483 e. The number of amides is 2. The molecular weight excluding hydrogens is 646 g/mol. The standard InChI is InChI=1S/C17H17ClN2O6S.C7H5Cl2FN2O3/c1-11-9-12(18)3-8-15(11)26-10-16(21)19-13-4-6-14(7-5-13)27(23,24)20-17(22)25-2;8-3-5(11)4(9)7(12-6(3)10)15-1-2(13)14/h3-9H,10H2,1-2H3,(H,19,21)(H,20,22);1H2,(H2,11,12)(H,13,14). The first kappa shape index (κ1) is 34.2. The average molecular weight is 668 g/mol. The van der Waals surface area contributed by atoms with Gasteiger partial charge < -0.3 is 30.4 Å². The highest BCUT2D eigenvalue weighted by molar-refractivity contribution is 7.90. The maximum absolute atomic E-state index is 12.9. The summed E-state index contributed by atoms with van der Waals surface area (Å²) in [6.07, 6.45) is -1.10. The molecule has 0 fully saturated rings. The summed E-state index contributed by atoms with van der Waals surface area (Å²) in [4.78, 5) is 36.3. The van der Waals surface area contributed by atoms with Crippen molar-refractivity contribution in [2.75, 3.05) is 31.4 Å². The molecule has 0 radical (unpaired) electrons. The van der Waals surface area contributed by atoms with E-state index < -0.39 is 51.5 Å². The van der Waals surface area contributed by atoms with Crippen molar-refractivity contribution in [3.8, 4) is 11.6 Å². The zero-order valence-corrected chi connectivity index (χ0v) is 24.7. The molecule has 42 heavy (non-hydrogen) atoms. The molecule has 1 heterocycles. The van der Waals surface area contributed by atoms with Crippen molar-refractivity contribution in [2.45, 2.75) is 11.8 Å². The predicted octanol–water partition coefficient (Wildman–Crippen LogP) is 4.28. The number of aromatic nitrogens is 1. The van der Waals surface area contributed by atoms with Gasteiger partial charge in [0.2, 0.25) is 11.8 Å². The fourth-order valence-electron chi connectivity index (χ4n) is 2.78. The fraction of sp³-hybridized carbons (Fsp3) is 0.167. The van der Waals surface area contributed by atoms with E-state index in [1.807, 2.05) is 0 Å². The highest BCUT2D eigenvalue weighted by Crippen LogP contribution is 2.35. The van der Waals surface area contributed by atoms with Gasteiger partial charge in [-0.05, 0) is 55.0 Å². The molecule has 3 rings (SSSR count). The number of carboxylic acids is 1. The molecule has 2 amide bonds. The molecule has 0 spiro atoms. The number of hydrogen-bond acceptors (Lipinski definition) is 10. The molecule has 0 saturated heterocycles. The number of benzene rings is 2. The molecule has 1 aromatic heterocycles. The van der Waals surface area contributed by atoms with E-state index in [4.69, 9.17) is 50.4 Å². The van der Waals surface area contributed by atoms with E-state index in [-0.39, 0.29) is 22.2 Å². The zero-order chi connectivity index (χ0) is 31.6. The number of halogens is 4. The molecular formula is C24H22Cl3FN4O9S. The SMILES string of the molecule is COC(=O)NS(=O)(=O)c1ccc(NC(=O)COc2ccc(Cl)cc2C)cc1.Nc1c(Cl)c(F)nc(OCC(=O)O)c1Cl. The van der Waals surface area contributed by atoms with Gasteiger partial charge in [0.05, 0.1) is 17.7 Å². The van der Waals surface area contributed by atoms with Gasteiger partial charge in [-0.3, -0.25) is 4.79 Å². The number of nitrogen functional groups attached to an aromatic ring is 1. The Balaban J connectivity index is 0.000000347. The Bertz CT molecular complexity index is 1580. The van der Waals surface area contributed by atoms with Crippen molar-refractivity contribution in [3.63, 3.8) is 0 Å². The van der Waals surface area contributed by atoms with Crippen molar-refractivity contribution in [1.82, 2.24) is 9.71 Å². The van der Waals surface area contributed by atoms with Crippen LogP contribution in [0.2, 0.25) is 15.1 Å². The Morgan fingerprint density at radius 1 is 1.02 bits per heavy atom. The summed E-state index contributed by atoms with van der Waals surface area (Å²) in [6.45, 7) is 0.875. The number of rotatable bonds is 9. The second-order valence-electron chi connectivity index (χ2n) is 7.80. The molecule has 0 aliphatic carbocycles. The van der Waals surface area contributed by atoms with E-state index in [2.05, 4.69) is 19.8 Å². The number of methoxy groups -OCH3 is 1. The molecule has 3 aromatic rings. The number of carbonyl (C=O) groups is 3. The zero-order valence-electron chi connectivity index (χ0n) is 21.6. The van der Waals surface area contributed by atoms with Gasteiger partial charge >= 0.3 is 12.1 Å². The van der Waals surface area contributed by atoms with Crippen LogP contribution in [0, 0.1) is 12.9 Å². The van der Waals surface area contributed by atoms with Gasteiger partial charge in [0, 0.05) is 10.7 Å². The molecule has 0 atom stereocenters. The van der Waals surface area contributed by atoms with Crippen molar-refractivity contribution >= 4 is 74.2 Å². The summed E-state index contributed by atoms with van der Waals surface area (Å²) in [5, 5.41) is 10.8. The van der Waals surface area contributed by atoms with Gasteiger partial charge in [-0.25, -0.2) is 22.7 Å². The lowest BCUT2D eigenvalue weighted by atomic mass is 10.2. The molecule has 2 aromatic carbocycles. The van der Waals surface area contributed by atoms with Gasteiger partial charge in [-0.15, -0.1) is 0 Å². The maximum Gasteiger partial charge on any atom is 0.420 e. The Kier molecular flexibility index (Phi) is 12.4. The van der Waals surface area contributed by atoms with E-state index in [0.29, 0.717) is 16.5 Å². The van der Waals surface area contributed by atoms with Crippen LogP contribution in [0.1, 0.15) is 5.56 Å². The number of nitrogens with one attached hydrogen (secondary N) is 2. The topological polar surface area (TPSA) is 196 Å². The number of hydrogen-bond donors (Lipinski definition) is 4. The Labute approximate surface area is 253 Å². The third-order valence-corrected chi connectivity index (χ3v) is 7.01. The van der Waals surface area contributed by atoms with Gasteiger partial charge in [0.15, 0.2) is 13.2 Å². The van der Waals surface area contributed by atoms with Crippen LogP contribution in [0.3, 0.4) is 0 Å². The van der Waals surface area contributed by atoms with Crippen molar-refractivity contribution in [1.29, 1.82) is 0 Å². The van der Waals surface area contributed by atoms with Crippen LogP contribution in [0.25, 0.3) is 0 Å². The molecule has 226 valence electrons. The first-order chi connectivity index (χ1) is 19.6. The number of carboxylic acid groups (broad SMARTS) is 1. The fourth-order valence-corrected chi connectivity index (χ4v) is 4.30. The van der Waals surface area contributed by atoms with Crippen LogP contribution in [-0.4, -0.2) is 56.8 Å². The summed E-state index contributed by atoms with van der Waals surface area (Å²) >= 11 is 16.9. The van der Waals surface area contributed by atoms with Gasteiger partial charge in [0.25, 0.3) is 15.9 Å². The third kappa shape index (κ3) is 10.1. The Morgan fingerprint density at radius 3 is 2.24 bits per heavy atom. The van der Waals surface area contributed by atoms with E-state index in [1.54, 1.807) is 29.8 Å². The highest BCUT2D eigenvalue weighted by atomic mass is 35.5. The lowest BCUT2D eigenvalue weighted by Gasteiger charge is -2.10. The summed E-state index contributed by atoms with van der Waals surface area (Å²) in [5.41, 5.74) is 6.24. The van der Waals surface area contributed by atoms with E-state index in [0.717, 1.165) is 12.7 Å². The molecule has 5 N–H and O–H groups in total. The monoisotopic (exact) mass is 666 g/mol. The molecule has 18 heteroatoms. The van der Waals surface area contributed by atoms with Crippen LogP contribution >= 0.6 is 34.8 Å². The van der Waals surface area contributed by atoms with Crippen molar-refractivity contribution < 1.29 is 46.5 Å². The van der Waals surface area contributed by atoms with Crippen LogP contribution < -0.4 is 25.2 Å². The molecule has 13 nitrogen and oxygen atoms in total. The number of aryl methyl sites for hydroxylation is 1. The van der Waals surface area contributed by atoms with Crippen LogP contribution in [0.15, 0.2) is 47.4 Å². The number of nitrogens with two attached hydrogens (primary N) is 1. The molecule has 0 saturated carbocycles. The number of ether oxygens (including phenoxy) is 3. The first-order valence-corrected chi connectivity index (χ1v) is 13.8. The summed E-state index contributed by atoms with van der Waals surface area (Å²) in [6, 6.07) is 10.3. The summed E-state index contributed by atoms with van der Waals surface area (Å²) in [7, 11) is -2.99. The number of nitrogens with zero attached hydrogens (tertiary/aromatic N) is 1. The molecule has 0 bridgehead atoms. The lowest BCUT2D eigenvalue weighted by molar-refractivity contribution is -0.139. The number of anilines is 2. The largest absolute Gasteiger partial charge is 0.483 e. The Morgan fingerprint density at radius 2 is 1.67 bits per heavy atom. The van der Waals surface area contributed by atoms with Gasteiger partial charge in [-0.1, -0.05) is 34.8 Å². The lowest BCUT2D eigenvalue weighted by Crippen LogP contribution is -2.30. The minimum atomic E-state index is -4.04. The van der Waals surface area contributed by atoms with E-state index in [9.17, 15) is 27.2 Å². The van der Waals surface area contributed by atoms with E-state index >= 15 is 0 Å². The summed E-state index contributed by atoms with van der Waals surface area (Å²) in [5.74, 6) is -2.61. The third-order valence-electron chi connectivity index (χ3n) is 4.72. The van der Waals surface area contributed by atoms with Crippen molar-refractivity contribution in [3.05, 3.63) is 69.0 Å². The normalized spacial score (nSPS) is 10.5. The van der Waals surface area contributed by atoms with Crippen LogP contribution in [0.5, 0.6) is 11.6 Å². The van der Waals surface area contributed by atoms with Crippen LogP contribution in [0.4, 0.5) is 20.6 Å². The number of sulfonamides is 1. The number of aliphatic carboxylic acids is 1. The van der Waals surface area contributed by atoms with Gasteiger partial charge in [-0.2, -0.15) is 9.37 Å². The summed E-state index contributed by atoms with van der Waals surface area (Å²) < 4.78 is 52.8. The smallest absolute Gasteiger partial charge is 0.420 e. The molecule has 0 aliphatic rings. The van der Waals surface area contributed by atoms with Crippen LogP contribution in [-0.2, 0) is 24.3 Å². The maximum atomic E-state index is 12.9. The Hall–Kier alpha value is -4.05. The van der Waals surface area contributed by atoms with E-state index in [1.165, 1.54) is 24.3 Å². The first-order valence-electron chi connectivity index (χ1n) is 11.2. The predicted molar refractivity (Wildman–Crippen MR) is 151 cm³/mol. The molecule has 0 aliphatic heterocycles. The highest BCUT2D eigenvalue weighted by Gasteiger charge is 2.18. The minimum absolute atomic E-state index is 0.154. The molecule has 0 unspecified atom stereocenters. The number of carbonyl (C=O) groups excluding carboxylic acids is 2.